The number of aliphatic hydroxyl groups is 3. The van der Waals surface area contributed by atoms with Gasteiger partial charge in [0.15, 0.2) is 23.6 Å². The van der Waals surface area contributed by atoms with Crippen LogP contribution in [-0.4, -0.2) is 126 Å². The van der Waals surface area contributed by atoms with E-state index in [1.54, 1.807) is 39.0 Å². The molecule has 4 aliphatic carbocycles. The Morgan fingerprint density at radius 2 is 1.60 bits per heavy atom. The Labute approximate surface area is 363 Å². The second kappa shape index (κ2) is 17.4. The summed E-state index contributed by atoms with van der Waals surface area (Å²) in [6.45, 7) is 14.2. The third kappa shape index (κ3) is 8.47. The summed E-state index contributed by atoms with van der Waals surface area (Å²) in [7, 11) is -1.83. The van der Waals surface area contributed by atoms with Crippen LogP contribution in [0.25, 0.3) is 0 Å². The topological polar surface area (TPSA) is 231 Å². The van der Waals surface area contributed by atoms with Gasteiger partial charge in [-0.05, 0) is 55.9 Å². The maximum atomic E-state index is 15.5. The van der Waals surface area contributed by atoms with E-state index in [9.17, 15) is 39.3 Å². The molecule has 0 aromatic heterocycles. The molecule has 62 heavy (non-hydrogen) atoms. The highest BCUT2D eigenvalue weighted by molar-refractivity contribution is 6.76. The van der Waals surface area contributed by atoms with E-state index in [1.807, 2.05) is 19.6 Å². The molecule has 1 amide bonds. The van der Waals surface area contributed by atoms with Crippen LogP contribution >= 0.6 is 0 Å². The summed E-state index contributed by atoms with van der Waals surface area (Å²) in [6.07, 6.45) is -6.97. The third-order valence-corrected chi connectivity index (χ3v) is 15.1. The number of ketones is 1. The van der Waals surface area contributed by atoms with Crippen molar-refractivity contribution in [2.45, 2.75) is 160 Å². The molecule has 5 aliphatic rings. The summed E-state index contributed by atoms with van der Waals surface area (Å²) in [6, 6.07) is 6.80. The number of aliphatic hydroxyl groups excluding tert-OH is 2. The molecule has 1 saturated heterocycles. The van der Waals surface area contributed by atoms with Gasteiger partial charge in [0.1, 0.15) is 23.9 Å². The number of esters is 4. The molecule has 4 fully saturated rings. The minimum absolute atomic E-state index is 0.0248. The average Bonchev–Trinajstić information content (AvgIpc) is 3.20. The van der Waals surface area contributed by atoms with Crippen molar-refractivity contribution in [3.63, 3.8) is 0 Å². The van der Waals surface area contributed by atoms with Crippen molar-refractivity contribution < 1.29 is 72.5 Å². The molecule has 1 aromatic carbocycles. The lowest BCUT2D eigenvalue weighted by atomic mass is 9.44. The number of nitrogens with one attached hydrogen (secondary N) is 1. The molecule has 4 N–H and O–H groups in total. The summed E-state index contributed by atoms with van der Waals surface area (Å²) in [4.78, 5) is 83.2. The highest BCUT2D eigenvalue weighted by atomic mass is 28.3. The first kappa shape index (κ1) is 47.3. The predicted octanol–water partition coefficient (Wildman–Crippen LogP) is 4.12. The number of rotatable bonds is 11. The number of benzene rings is 1. The number of hydrogen-bond donors (Lipinski definition) is 4. The van der Waals surface area contributed by atoms with Crippen molar-refractivity contribution in [2.75, 3.05) is 12.8 Å². The number of Topliss-reactive ketones (excluding diaryl/α,β-unsaturated/α-hetero) is 1. The molecule has 2 bridgehead atoms. The standard InChI is InChI=1S/C45H63NO15Si/c1-24-29(59-40(53)34(50)33(27-16-12-10-13-17-27)46-41(54)57-23-62(7,8)9)21-45(55)38(60-39(52)28-18-14-11-15-19-28)36-43(6,30(49)20-31-44(36,22-56-31)61-26(3)48)37(51)35(58-25(2)47)32(24)42(45,4)5/h11,14-15,18-19,27,29-31,33-36,38,49-50,55H,10,12-13,16-17,20-23H2,1-9H3,(H,46,54)/t29-,30-,31+,33-,34+,35+,36-,38-,43+,44-,45+/m0/s1. The monoisotopic (exact) mass is 885 g/mol. The van der Waals surface area contributed by atoms with Gasteiger partial charge in [0.05, 0.1) is 50.0 Å². The Morgan fingerprint density at radius 1 is 0.952 bits per heavy atom. The van der Waals surface area contributed by atoms with E-state index >= 15 is 4.79 Å². The van der Waals surface area contributed by atoms with Gasteiger partial charge in [-0.25, -0.2) is 14.4 Å². The summed E-state index contributed by atoms with van der Waals surface area (Å²) in [5.74, 6) is -6.38. The number of carbonyl (C=O) groups excluding carboxylic acids is 6. The average molecular weight is 886 g/mol. The highest BCUT2D eigenvalue weighted by Crippen LogP contribution is 2.64. The van der Waals surface area contributed by atoms with Crippen LogP contribution in [0.2, 0.25) is 19.6 Å². The summed E-state index contributed by atoms with van der Waals surface area (Å²) >= 11 is 0. The molecule has 17 heteroatoms. The second-order valence-corrected chi connectivity index (χ2v) is 25.2. The maximum Gasteiger partial charge on any atom is 0.407 e. The second-order valence-electron chi connectivity index (χ2n) is 19.8. The lowest BCUT2D eigenvalue weighted by Gasteiger charge is -2.67. The molecule has 1 heterocycles. The Bertz CT molecular complexity index is 1960. The smallest absolute Gasteiger partial charge is 0.407 e. The summed E-state index contributed by atoms with van der Waals surface area (Å²) < 4.78 is 35.9. The summed E-state index contributed by atoms with van der Waals surface area (Å²) in [5.41, 5.74) is -7.48. The van der Waals surface area contributed by atoms with Crippen molar-refractivity contribution in [3.8, 4) is 0 Å². The molecule has 11 atom stereocenters. The van der Waals surface area contributed by atoms with Crippen LogP contribution in [0.4, 0.5) is 4.79 Å². The Balaban J connectivity index is 1.50. The van der Waals surface area contributed by atoms with Gasteiger partial charge >= 0.3 is 30.0 Å². The summed E-state index contributed by atoms with van der Waals surface area (Å²) in [5, 5.41) is 40.3. The van der Waals surface area contributed by atoms with E-state index in [0.29, 0.717) is 12.8 Å². The predicted molar refractivity (Wildman–Crippen MR) is 223 cm³/mol. The lowest BCUT2D eigenvalue weighted by molar-refractivity contribution is -0.346. The van der Waals surface area contributed by atoms with Crippen LogP contribution in [0.1, 0.15) is 96.8 Å². The van der Waals surface area contributed by atoms with E-state index in [1.165, 1.54) is 19.1 Å². The van der Waals surface area contributed by atoms with Gasteiger partial charge < -0.3 is 49.1 Å². The van der Waals surface area contributed by atoms with Crippen molar-refractivity contribution in [1.29, 1.82) is 0 Å². The zero-order valence-electron chi connectivity index (χ0n) is 37.2. The van der Waals surface area contributed by atoms with Gasteiger partial charge in [0.2, 0.25) is 0 Å². The van der Waals surface area contributed by atoms with Crippen LogP contribution in [0.15, 0.2) is 41.5 Å². The van der Waals surface area contributed by atoms with E-state index in [2.05, 4.69) is 5.32 Å². The third-order valence-electron chi connectivity index (χ3n) is 14.1. The van der Waals surface area contributed by atoms with Gasteiger partial charge in [-0.15, -0.1) is 0 Å². The number of alkyl carbamates (subject to hydrolysis) is 1. The molecular formula is C45H63NO15Si. The first-order valence-corrected chi connectivity index (χ1v) is 25.3. The van der Waals surface area contributed by atoms with Crippen LogP contribution in [0.5, 0.6) is 0 Å². The molecule has 16 nitrogen and oxygen atoms in total. The zero-order valence-corrected chi connectivity index (χ0v) is 38.2. The van der Waals surface area contributed by atoms with Crippen molar-refractivity contribution in [2.24, 2.45) is 22.7 Å². The van der Waals surface area contributed by atoms with Gasteiger partial charge in [-0.1, -0.05) is 71.0 Å². The highest BCUT2D eigenvalue weighted by Gasteiger charge is 2.78. The first-order valence-electron chi connectivity index (χ1n) is 21.6. The maximum absolute atomic E-state index is 15.5. The normalized spacial score (nSPS) is 34.0. The Hall–Kier alpha value is -4.16. The van der Waals surface area contributed by atoms with Gasteiger partial charge in [0.25, 0.3) is 0 Å². The Morgan fingerprint density at radius 3 is 2.16 bits per heavy atom. The number of fused-ring (bicyclic) bond motifs is 5. The van der Waals surface area contributed by atoms with Crippen LogP contribution < -0.4 is 5.32 Å². The number of carbonyl (C=O) groups is 6. The first-order chi connectivity index (χ1) is 28.9. The van der Waals surface area contributed by atoms with Crippen molar-refractivity contribution in [1.82, 2.24) is 5.32 Å². The molecule has 0 unspecified atom stereocenters. The molecular weight excluding hydrogens is 823 g/mol. The number of amides is 1. The van der Waals surface area contributed by atoms with Crippen molar-refractivity contribution >= 4 is 43.8 Å². The molecule has 1 aromatic rings. The zero-order chi connectivity index (χ0) is 45.7. The van der Waals surface area contributed by atoms with E-state index in [4.69, 9.17) is 28.4 Å². The van der Waals surface area contributed by atoms with E-state index < -0.39 is 121 Å². The fourth-order valence-corrected chi connectivity index (χ4v) is 11.3. The van der Waals surface area contributed by atoms with Gasteiger partial charge in [0, 0.05) is 32.1 Å². The van der Waals surface area contributed by atoms with Crippen LogP contribution in [0, 0.1) is 22.7 Å². The van der Waals surface area contributed by atoms with E-state index in [-0.39, 0.29) is 41.9 Å². The van der Waals surface area contributed by atoms with Gasteiger partial charge in [-0.2, -0.15) is 0 Å². The molecule has 1 aliphatic heterocycles. The number of hydrogen-bond acceptors (Lipinski definition) is 15. The van der Waals surface area contributed by atoms with E-state index in [0.717, 1.165) is 33.1 Å². The molecule has 0 radical (unpaired) electrons. The number of ether oxygens (including phenoxy) is 6. The minimum Gasteiger partial charge on any atom is -0.456 e. The SMILES string of the molecule is CC(=O)O[C@H]1C(=O)[C@@]2(C)[C@H]([C@H](OC(=O)c3ccccc3)[C@]3(O)C[C@H](OC(=O)[C@H](O)[C@@H](NC(=O)OC[Si](C)(C)C)C4CCCCC4)C(C)=C1C3(C)C)[C@]1(OC(C)=O)CO[C@@H]1C[C@@H]2O. The molecule has 0 spiro atoms. The minimum atomic E-state index is -2.36. The van der Waals surface area contributed by atoms with Crippen LogP contribution in [-0.2, 0) is 47.6 Å². The largest absolute Gasteiger partial charge is 0.456 e. The van der Waals surface area contributed by atoms with Crippen molar-refractivity contribution in [3.05, 3.63) is 47.0 Å². The lowest BCUT2D eigenvalue weighted by Crippen LogP contribution is -2.82. The Kier molecular flexibility index (Phi) is 13.3. The van der Waals surface area contributed by atoms with Gasteiger partial charge in [-0.3, -0.25) is 14.4 Å². The van der Waals surface area contributed by atoms with Crippen LogP contribution in [0.3, 0.4) is 0 Å². The quantitative estimate of drug-likeness (QED) is 0.106. The fourth-order valence-electron chi connectivity index (χ4n) is 10.8. The molecule has 342 valence electrons. The molecule has 6 rings (SSSR count). The molecule has 3 saturated carbocycles. The fraction of sp³-hybridized carbons (Fsp3) is 0.689.